The Morgan fingerprint density at radius 1 is 1.44 bits per heavy atom. The maximum atomic E-state index is 11.2. The molecule has 1 atom stereocenters. The molecule has 1 N–H and O–H groups in total. The van der Waals surface area contributed by atoms with Crippen LogP contribution in [0.4, 0.5) is 0 Å². The highest BCUT2D eigenvalue weighted by molar-refractivity contribution is 5.95. The summed E-state index contributed by atoms with van der Waals surface area (Å²) in [6.45, 7) is 1.77. The van der Waals surface area contributed by atoms with Crippen molar-refractivity contribution in [1.29, 1.82) is 10.7 Å². The first kappa shape index (κ1) is 13.9. The SMILES string of the molecule is CC(=N)CC(=O)OCCC(C#N)c1ccccc1. The molecular formula is C14H16N2O2. The van der Waals surface area contributed by atoms with E-state index in [2.05, 4.69) is 6.07 Å². The molecule has 0 aliphatic carbocycles. The van der Waals surface area contributed by atoms with Crippen molar-refractivity contribution in [2.75, 3.05) is 6.61 Å². The van der Waals surface area contributed by atoms with Crippen molar-refractivity contribution in [2.45, 2.75) is 25.7 Å². The van der Waals surface area contributed by atoms with Gasteiger partial charge in [0.15, 0.2) is 0 Å². The van der Waals surface area contributed by atoms with Gasteiger partial charge in [-0.15, -0.1) is 0 Å². The summed E-state index contributed by atoms with van der Waals surface area (Å²) in [4.78, 5) is 11.2. The van der Waals surface area contributed by atoms with Crippen LogP contribution in [0.3, 0.4) is 0 Å². The van der Waals surface area contributed by atoms with Gasteiger partial charge in [-0.05, 0) is 12.5 Å². The topological polar surface area (TPSA) is 73.9 Å². The maximum Gasteiger partial charge on any atom is 0.311 e. The van der Waals surface area contributed by atoms with E-state index in [4.69, 9.17) is 15.4 Å². The third-order valence-electron chi connectivity index (χ3n) is 2.44. The molecule has 4 heteroatoms. The van der Waals surface area contributed by atoms with Gasteiger partial charge < -0.3 is 10.1 Å². The van der Waals surface area contributed by atoms with Crippen LogP contribution in [0, 0.1) is 16.7 Å². The van der Waals surface area contributed by atoms with Crippen LogP contribution in [0.5, 0.6) is 0 Å². The van der Waals surface area contributed by atoms with Crippen LogP contribution < -0.4 is 0 Å². The van der Waals surface area contributed by atoms with Gasteiger partial charge in [0.2, 0.25) is 0 Å². The number of carbonyl (C=O) groups excluding carboxylic acids is 1. The predicted molar refractivity (Wildman–Crippen MR) is 68.4 cm³/mol. The minimum atomic E-state index is -0.410. The zero-order chi connectivity index (χ0) is 13.4. The fourth-order valence-electron chi connectivity index (χ4n) is 1.55. The number of esters is 1. The molecule has 1 rings (SSSR count). The third kappa shape index (κ3) is 4.79. The van der Waals surface area contributed by atoms with E-state index in [1.165, 1.54) is 0 Å². The van der Waals surface area contributed by atoms with Crippen molar-refractivity contribution in [1.82, 2.24) is 0 Å². The largest absolute Gasteiger partial charge is 0.465 e. The summed E-state index contributed by atoms with van der Waals surface area (Å²) in [6.07, 6.45) is 0.492. The van der Waals surface area contributed by atoms with E-state index < -0.39 is 5.97 Å². The van der Waals surface area contributed by atoms with Crippen LogP contribution >= 0.6 is 0 Å². The van der Waals surface area contributed by atoms with Gasteiger partial charge in [-0.25, -0.2) is 0 Å². The van der Waals surface area contributed by atoms with E-state index in [0.717, 1.165) is 5.56 Å². The van der Waals surface area contributed by atoms with Gasteiger partial charge >= 0.3 is 5.97 Å². The number of benzene rings is 1. The fourth-order valence-corrected chi connectivity index (χ4v) is 1.55. The molecule has 0 fully saturated rings. The summed E-state index contributed by atoms with van der Waals surface area (Å²) < 4.78 is 4.98. The van der Waals surface area contributed by atoms with Gasteiger partial charge in [-0.3, -0.25) is 4.79 Å². The Labute approximate surface area is 107 Å². The van der Waals surface area contributed by atoms with E-state index >= 15 is 0 Å². The van der Waals surface area contributed by atoms with Crippen molar-refractivity contribution < 1.29 is 9.53 Å². The van der Waals surface area contributed by atoms with Gasteiger partial charge in [0, 0.05) is 12.1 Å². The Kier molecular flexibility index (Phi) is 5.59. The van der Waals surface area contributed by atoms with Crippen molar-refractivity contribution >= 4 is 11.7 Å². The highest BCUT2D eigenvalue weighted by atomic mass is 16.5. The molecule has 0 aliphatic heterocycles. The second-order valence-electron chi connectivity index (χ2n) is 4.06. The molecule has 0 bridgehead atoms. The summed E-state index contributed by atoms with van der Waals surface area (Å²) in [7, 11) is 0. The van der Waals surface area contributed by atoms with Crippen LogP contribution in [-0.2, 0) is 9.53 Å². The predicted octanol–water partition coefficient (Wildman–Crippen LogP) is 2.66. The minimum absolute atomic E-state index is 0.0164. The highest BCUT2D eigenvalue weighted by Crippen LogP contribution is 2.18. The molecule has 0 amide bonds. The summed E-state index contributed by atoms with van der Waals surface area (Å²) in [5.41, 5.74) is 1.21. The van der Waals surface area contributed by atoms with Crippen molar-refractivity contribution in [3.05, 3.63) is 35.9 Å². The third-order valence-corrected chi connectivity index (χ3v) is 2.44. The quantitative estimate of drug-likeness (QED) is 0.617. The Balaban J connectivity index is 2.40. The molecule has 0 aromatic heterocycles. The lowest BCUT2D eigenvalue weighted by atomic mass is 9.98. The zero-order valence-corrected chi connectivity index (χ0v) is 10.3. The number of nitrogens with zero attached hydrogens (tertiary/aromatic N) is 1. The number of nitrogens with one attached hydrogen (secondary N) is 1. The maximum absolute atomic E-state index is 11.2. The molecule has 0 aliphatic rings. The number of rotatable bonds is 6. The van der Waals surface area contributed by atoms with Crippen LogP contribution in [0.25, 0.3) is 0 Å². The molecule has 0 radical (unpaired) electrons. The van der Waals surface area contributed by atoms with Gasteiger partial charge in [-0.1, -0.05) is 30.3 Å². The normalized spacial score (nSPS) is 11.3. The Morgan fingerprint density at radius 3 is 2.67 bits per heavy atom. The van der Waals surface area contributed by atoms with Crippen molar-refractivity contribution in [3.63, 3.8) is 0 Å². The first-order valence-corrected chi connectivity index (χ1v) is 5.77. The summed E-state index contributed by atoms with van der Waals surface area (Å²) >= 11 is 0. The monoisotopic (exact) mass is 244 g/mol. The lowest BCUT2D eigenvalue weighted by molar-refractivity contribution is -0.142. The molecule has 18 heavy (non-hydrogen) atoms. The number of carbonyl (C=O) groups is 1. The minimum Gasteiger partial charge on any atom is -0.465 e. The molecule has 0 spiro atoms. The Hall–Kier alpha value is -2.15. The van der Waals surface area contributed by atoms with Crippen LogP contribution in [0.15, 0.2) is 30.3 Å². The van der Waals surface area contributed by atoms with Crippen LogP contribution in [0.1, 0.15) is 31.2 Å². The van der Waals surface area contributed by atoms with Gasteiger partial charge in [0.25, 0.3) is 0 Å². The number of nitriles is 1. The molecule has 94 valence electrons. The molecule has 0 saturated carbocycles. The van der Waals surface area contributed by atoms with Gasteiger partial charge in [0.1, 0.15) is 0 Å². The van der Waals surface area contributed by atoms with Crippen LogP contribution in [0.2, 0.25) is 0 Å². The Bertz CT molecular complexity index is 449. The second-order valence-corrected chi connectivity index (χ2v) is 4.06. The highest BCUT2D eigenvalue weighted by Gasteiger charge is 2.11. The lowest BCUT2D eigenvalue weighted by Gasteiger charge is -2.09. The Morgan fingerprint density at radius 2 is 2.11 bits per heavy atom. The fraction of sp³-hybridized carbons (Fsp3) is 0.357. The molecule has 0 heterocycles. The van der Waals surface area contributed by atoms with E-state index in [0.29, 0.717) is 6.42 Å². The lowest BCUT2D eigenvalue weighted by Crippen LogP contribution is -2.11. The molecule has 1 unspecified atom stereocenters. The average molecular weight is 244 g/mol. The molecular weight excluding hydrogens is 228 g/mol. The molecule has 4 nitrogen and oxygen atoms in total. The molecule has 1 aromatic carbocycles. The van der Waals surface area contributed by atoms with Crippen molar-refractivity contribution in [3.8, 4) is 6.07 Å². The van der Waals surface area contributed by atoms with Gasteiger partial charge in [-0.2, -0.15) is 5.26 Å². The summed E-state index contributed by atoms with van der Waals surface area (Å²) in [5.74, 6) is -0.674. The summed E-state index contributed by atoms with van der Waals surface area (Å²) in [5, 5.41) is 16.2. The van der Waals surface area contributed by atoms with Gasteiger partial charge in [0.05, 0.1) is 25.0 Å². The number of ether oxygens (including phenoxy) is 1. The standard InChI is InChI=1S/C14H16N2O2/c1-11(16)9-14(17)18-8-7-13(10-15)12-5-3-2-4-6-12/h2-6,13,16H,7-9H2,1H3. The second kappa shape index (κ2) is 7.23. The van der Waals surface area contributed by atoms with E-state index in [1.54, 1.807) is 6.92 Å². The smallest absolute Gasteiger partial charge is 0.311 e. The number of hydrogen-bond acceptors (Lipinski definition) is 4. The molecule has 0 saturated heterocycles. The summed E-state index contributed by atoms with van der Waals surface area (Å²) in [6, 6.07) is 11.6. The first-order valence-electron chi connectivity index (χ1n) is 5.77. The van der Waals surface area contributed by atoms with E-state index in [1.807, 2.05) is 30.3 Å². The molecule has 1 aromatic rings. The number of hydrogen-bond donors (Lipinski definition) is 1. The van der Waals surface area contributed by atoms with Crippen LogP contribution in [-0.4, -0.2) is 18.3 Å². The average Bonchev–Trinajstić information content (AvgIpc) is 2.35. The van der Waals surface area contributed by atoms with E-state index in [9.17, 15) is 4.79 Å². The first-order chi connectivity index (χ1) is 8.63. The van der Waals surface area contributed by atoms with E-state index in [-0.39, 0.29) is 24.7 Å². The van der Waals surface area contributed by atoms with Crippen molar-refractivity contribution in [2.24, 2.45) is 0 Å². The zero-order valence-electron chi connectivity index (χ0n) is 10.3.